The normalized spacial score (nSPS) is 20.2. The second-order valence-electron chi connectivity index (χ2n) is 8.80. The molecule has 2 fully saturated rings. The highest BCUT2D eigenvalue weighted by atomic mass is 32.2. The van der Waals surface area contributed by atoms with Gasteiger partial charge in [-0.2, -0.15) is 0 Å². The topological polar surface area (TPSA) is 44.7 Å². The van der Waals surface area contributed by atoms with Crippen LogP contribution in [-0.2, 0) is 11.2 Å². The number of nitrogens with zero attached hydrogens (tertiary/aromatic N) is 2. The number of aliphatic imine (C=N–C) groups is 1. The highest BCUT2D eigenvalue weighted by molar-refractivity contribution is 8.17. The third-order valence-electron chi connectivity index (χ3n) is 6.52. The van der Waals surface area contributed by atoms with E-state index in [0.717, 1.165) is 35.0 Å². The van der Waals surface area contributed by atoms with Crippen molar-refractivity contribution in [3.8, 4) is 0 Å². The predicted molar refractivity (Wildman–Crippen MR) is 134 cm³/mol. The van der Waals surface area contributed by atoms with E-state index in [-0.39, 0.29) is 11.8 Å². The molecule has 5 heteroatoms. The van der Waals surface area contributed by atoms with Crippen molar-refractivity contribution in [1.29, 1.82) is 0 Å². The molecule has 1 aromatic rings. The Bertz CT molecular complexity index is 808. The van der Waals surface area contributed by atoms with Gasteiger partial charge in [-0.3, -0.25) is 9.79 Å². The SMILES string of the molecule is C=C(CCC1CCCCC1)SC(=NC)NC(=O)C1CC(=C)N(c2ccc(CC)cc2)C1. The number of nitrogens with one attached hydrogen (secondary N) is 1. The van der Waals surface area contributed by atoms with Crippen molar-refractivity contribution in [2.75, 3.05) is 18.5 Å². The smallest absolute Gasteiger partial charge is 0.231 e. The number of rotatable bonds is 7. The first-order valence-corrected chi connectivity index (χ1v) is 12.5. The van der Waals surface area contributed by atoms with Crippen LogP contribution in [0.2, 0.25) is 0 Å². The van der Waals surface area contributed by atoms with Crippen molar-refractivity contribution < 1.29 is 4.79 Å². The van der Waals surface area contributed by atoms with E-state index in [0.29, 0.717) is 18.1 Å². The zero-order chi connectivity index (χ0) is 22.2. The molecule has 1 saturated carbocycles. The molecule has 31 heavy (non-hydrogen) atoms. The standard InChI is InChI=1S/C26H37N3OS/c1-5-21-13-15-24(16-14-21)29-18-23(17-19(29)2)25(30)28-26(27-4)31-20(3)11-12-22-9-7-6-8-10-22/h13-16,22-23H,2-3,5-12,17-18H2,1,4H3,(H,27,28,30). The Kier molecular flexibility index (Phi) is 8.82. The Hall–Kier alpha value is -2.01. The monoisotopic (exact) mass is 439 g/mol. The largest absolute Gasteiger partial charge is 0.345 e. The van der Waals surface area contributed by atoms with Crippen LogP contribution >= 0.6 is 11.8 Å². The average molecular weight is 440 g/mol. The van der Waals surface area contributed by atoms with Gasteiger partial charge in [0.05, 0.1) is 5.92 Å². The number of aryl methyl sites for hydroxylation is 1. The van der Waals surface area contributed by atoms with Crippen molar-refractivity contribution in [2.45, 2.75) is 64.7 Å². The fraction of sp³-hybridized carbons (Fsp3) is 0.538. The van der Waals surface area contributed by atoms with Gasteiger partial charge in [0.2, 0.25) is 5.91 Å². The molecule has 1 N–H and O–H groups in total. The zero-order valence-corrected chi connectivity index (χ0v) is 20.0. The average Bonchev–Trinajstić information content (AvgIpc) is 3.19. The summed E-state index contributed by atoms with van der Waals surface area (Å²) in [5.74, 6) is 0.734. The van der Waals surface area contributed by atoms with Crippen molar-refractivity contribution in [1.82, 2.24) is 5.32 Å². The van der Waals surface area contributed by atoms with Crippen LogP contribution in [-0.4, -0.2) is 24.7 Å². The second kappa shape index (κ2) is 11.6. The third kappa shape index (κ3) is 6.73. The number of allylic oxidation sites excluding steroid dienone is 2. The molecule has 1 aromatic carbocycles. The number of carbonyl (C=O) groups excluding carboxylic acids is 1. The maximum atomic E-state index is 12.9. The molecule has 1 amide bonds. The van der Waals surface area contributed by atoms with Crippen molar-refractivity contribution in [3.05, 3.63) is 53.6 Å². The predicted octanol–water partition coefficient (Wildman–Crippen LogP) is 6.30. The minimum Gasteiger partial charge on any atom is -0.345 e. The molecule has 1 saturated heterocycles. The number of benzene rings is 1. The van der Waals surface area contributed by atoms with Gasteiger partial charge in [-0.05, 0) is 47.8 Å². The summed E-state index contributed by atoms with van der Waals surface area (Å²) < 4.78 is 0. The van der Waals surface area contributed by atoms with Crippen LogP contribution in [0, 0.1) is 11.8 Å². The molecule has 0 radical (unpaired) electrons. The summed E-state index contributed by atoms with van der Waals surface area (Å²) in [6.45, 7) is 11.2. The number of thioether (sulfide) groups is 1. The fourth-order valence-electron chi connectivity index (χ4n) is 4.55. The first-order chi connectivity index (χ1) is 15.0. The Morgan fingerprint density at radius 1 is 1.23 bits per heavy atom. The molecule has 0 aromatic heterocycles. The minimum absolute atomic E-state index is 0.0157. The lowest BCUT2D eigenvalue weighted by Gasteiger charge is -2.21. The van der Waals surface area contributed by atoms with Crippen LogP contribution in [0.4, 0.5) is 5.69 Å². The Morgan fingerprint density at radius 2 is 1.94 bits per heavy atom. The van der Waals surface area contributed by atoms with Gasteiger partial charge in [0, 0.05) is 31.4 Å². The molecule has 3 rings (SSSR count). The summed E-state index contributed by atoms with van der Waals surface area (Å²) in [7, 11) is 1.73. The molecular weight excluding hydrogens is 402 g/mol. The lowest BCUT2D eigenvalue weighted by atomic mass is 9.86. The van der Waals surface area contributed by atoms with Gasteiger partial charge in [0.1, 0.15) is 0 Å². The summed E-state index contributed by atoms with van der Waals surface area (Å²) >= 11 is 1.51. The van der Waals surface area contributed by atoms with E-state index in [9.17, 15) is 4.79 Å². The van der Waals surface area contributed by atoms with Crippen LogP contribution < -0.4 is 10.2 Å². The highest BCUT2D eigenvalue weighted by Crippen LogP contribution is 2.33. The summed E-state index contributed by atoms with van der Waals surface area (Å²) in [6.07, 6.45) is 10.7. The molecule has 1 unspecified atom stereocenters. The molecule has 4 nitrogen and oxygen atoms in total. The summed E-state index contributed by atoms with van der Waals surface area (Å²) in [5.41, 5.74) is 3.41. The zero-order valence-electron chi connectivity index (χ0n) is 19.2. The summed E-state index contributed by atoms with van der Waals surface area (Å²) in [4.78, 5) is 20.5. The van der Waals surface area contributed by atoms with Gasteiger partial charge in [-0.1, -0.05) is 76.1 Å². The van der Waals surface area contributed by atoms with E-state index in [1.54, 1.807) is 7.05 Å². The van der Waals surface area contributed by atoms with Gasteiger partial charge < -0.3 is 10.2 Å². The molecule has 168 valence electrons. The van der Waals surface area contributed by atoms with Crippen LogP contribution in [0.1, 0.15) is 63.9 Å². The maximum Gasteiger partial charge on any atom is 0.231 e. The quantitative estimate of drug-likeness (QED) is 0.401. The first-order valence-electron chi connectivity index (χ1n) is 11.7. The molecule has 1 aliphatic heterocycles. The molecular formula is C26H37N3OS. The van der Waals surface area contributed by atoms with Crippen LogP contribution in [0.3, 0.4) is 0 Å². The maximum absolute atomic E-state index is 12.9. The lowest BCUT2D eigenvalue weighted by molar-refractivity contribution is -0.122. The van der Waals surface area contributed by atoms with Crippen molar-refractivity contribution in [3.63, 3.8) is 0 Å². The molecule has 0 spiro atoms. The number of hydrogen-bond acceptors (Lipinski definition) is 4. The van der Waals surface area contributed by atoms with Crippen molar-refractivity contribution >= 4 is 28.5 Å². The fourth-order valence-corrected chi connectivity index (χ4v) is 5.28. The molecule has 2 aliphatic rings. The van der Waals surface area contributed by atoms with Crippen LogP contribution in [0.25, 0.3) is 0 Å². The van der Waals surface area contributed by atoms with Gasteiger partial charge >= 0.3 is 0 Å². The number of hydrogen-bond donors (Lipinski definition) is 1. The highest BCUT2D eigenvalue weighted by Gasteiger charge is 2.32. The lowest BCUT2D eigenvalue weighted by Crippen LogP contribution is -2.35. The third-order valence-corrected chi connectivity index (χ3v) is 7.49. The minimum atomic E-state index is -0.119. The summed E-state index contributed by atoms with van der Waals surface area (Å²) in [6, 6.07) is 8.53. The van der Waals surface area contributed by atoms with Gasteiger partial charge in [-0.15, -0.1) is 0 Å². The molecule has 0 bridgehead atoms. The molecule has 1 aliphatic carbocycles. The van der Waals surface area contributed by atoms with Crippen LogP contribution in [0.15, 0.2) is 53.0 Å². The van der Waals surface area contributed by atoms with E-state index >= 15 is 0 Å². The van der Waals surface area contributed by atoms with Crippen molar-refractivity contribution in [2.24, 2.45) is 16.8 Å². The number of anilines is 1. The molecule has 1 heterocycles. The van der Waals surface area contributed by atoms with E-state index in [2.05, 4.69) is 59.6 Å². The second-order valence-corrected chi connectivity index (χ2v) is 9.97. The molecule has 1 atom stereocenters. The Balaban J connectivity index is 1.48. The van der Waals surface area contributed by atoms with Gasteiger partial charge in [-0.25, -0.2) is 0 Å². The van der Waals surface area contributed by atoms with Crippen LogP contribution in [0.5, 0.6) is 0 Å². The van der Waals surface area contributed by atoms with Gasteiger partial charge in [0.15, 0.2) is 5.17 Å². The van der Waals surface area contributed by atoms with E-state index in [4.69, 9.17) is 0 Å². The summed E-state index contributed by atoms with van der Waals surface area (Å²) in [5, 5.41) is 3.68. The number of carbonyl (C=O) groups is 1. The van der Waals surface area contributed by atoms with Gasteiger partial charge in [0.25, 0.3) is 0 Å². The first kappa shape index (κ1) is 23.6. The van der Waals surface area contributed by atoms with E-state index in [1.807, 2.05) is 0 Å². The number of amides is 1. The van der Waals surface area contributed by atoms with E-state index in [1.165, 1.54) is 55.9 Å². The number of amidine groups is 1. The van der Waals surface area contributed by atoms with E-state index < -0.39 is 0 Å². The Morgan fingerprint density at radius 3 is 2.58 bits per heavy atom. The Labute approximate surface area is 192 Å².